The number of hydrogen-bond donors (Lipinski definition) is 0. The molecule has 0 aliphatic heterocycles. The molecule has 0 radical (unpaired) electrons. The normalized spacial score (nSPS) is 28.4. The van der Waals surface area contributed by atoms with Gasteiger partial charge < -0.3 is 24.8 Å². The maximum Gasteiger partial charge on any atom is -1.00 e. The van der Waals surface area contributed by atoms with Crippen LogP contribution in [0.25, 0.3) is 11.1 Å². The van der Waals surface area contributed by atoms with Crippen molar-refractivity contribution in [3.8, 4) is 0 Å². The average molecular weight is 699 g/mol. The van der Waals surface area contributed by atoms with Gasteiger partial charge in [-0.05, 0) is 0 Å². The second-order valence-electron chi connectivity index (χ2n) is 14.5. The van der Waals surface area contributed by atoms with Crippen LogP contribution in [-0.4, -0.2) is 5.43 Å². The number of aryl methyl sites for hydroxylation is 2. The van der Waals surface area contributed by atoms with E-state index >= 15 is 0 Å². The minimum absolute atomic E-state index is 0. The SMILES string of the molecule is CC1=C(C2CCC(C)CC2)c2cccc(C)c2[CH]1[Zr+2]([CH]1C(C)=C(C2CCC(C)CC2)c2cccc(C)c21)=[Si](C)C.[Cl-].[Cl-]. The summed E-state index contributed by atoms with van der Waals surface area (Å²) in [4.78, 5) is 0. The van der Waals surface area contributed by atoms with E-state index < -0.39 is 25.8 Å². The largest absolute Gasteiger partial charge is 1.00 e. The number of halogens is 2. The third-order valence-corrected chi connectivity index (χ3v) is 31.3. The van der Waals surface area contributed by atoms with Crippen molar-refractivity contribution >= 4 is 16.6 Å². The van der Waals surface area contributed by atoms with Gasteiger partial charge in [-0.3, -0.25) is 0 Å². The van der Waals surface area contributed by atoms with E-state index in [-0.39, 0.29) is 24.8 Å². The zero-order chi connectivity index (χ0) is 28.3. The van der Waals surface area contributed by atoms with Gasteiger partial charge in [0.1, 0.15) is 0 Å². The van der Waals surface area contributed by atoms with E-state index in [2.05, 4.69) is 91.0 Å². The molecule has 0 nitrogen and oxygen atoms in total. The van der Waals surface area contributed by atoms with Gasteiger partial charge in [0, 0.05) is 0 Å². The summed E-state index contributed by atoms with van der Waals surface area (Å²) in [5, 5.41) is 0. The molecule has 226 valence electrons. The van der Waals surface area contributed by atoms with Crippen LogP contribution < -0.4 is 24.8 Å². The molecule has 0 amide bonds. The van der Waals surface area contributed by atoms with Crippen LogP contribution in [0.4, 0.5) is 0 Å². The fraction of sp³-hybridized carbons (Fsp3) is 0.579. The third kappa shape index (κ3) is 5.95. The van der Waals surface area contributed by atoms with Crippen LogP contribution in [0.1, 0.15) is 120 Å². The molecule has 2 fully saturated rings. The van der Waals surface area contributed by atoms with Gasteiger partial charge in [-0.1, -0.05) is 0 Å². The molecule has 0 bridgehead atoms. The van der Waals surface area contributed by atoms with E-state index in [0.29, 0.717) is 0 Å². The standard InChI is InChI=1S/2C18H23.C2H6Si.2ClH.Zr/c2*1-12-7-9-15(10-8-12)18-14(3)11-17-13(2)5-4-6-16(17)18;1-3-2;;;/h2*4-6,11-12,15H,7-10H2,1-3H3;1-2H3;2*1H;/q;;;;;+2/p-2. The summed E-state index contributed by atoms with van der Waals surface area (Å²) < 4.78 is 1.52. The first-order valence-electron chi connectivity index (χ1n) is 16.5. The van der Waals surface area contributed by atoms with Crippen molar-refractivity contribution in [2.45, 2.75) is 113 Å². The molecule has 0 aromatic heterocycles. The maximum absolute atomic E-state index is 2.72. The van der Waals surface area contributed by atoms with Gasteiger partial charge >= 0.3 is 255 Å². The summed E-state index contributed by atoms with van der Waals surface area (Å²) in [5.74, 6) is 3.38. The third-order valence-electron chi connectivity index (χ3n) is 11.6. The Morgan fingerprint density at radius 2 is 0.929 bits per heavy atom. The topological polar surface area (TPSA) is 0 Å². The Hall–Kier alpha value is -0.400. The predicted molar refractivity (Wildman–Crippen MR) is 173 cm³/mol. The van der Waals surface area contributed by atoms with Crippen LogP contribution >= 0.6 is 0 Å². The van der Waals surface area contributed by atoms with Gasteiger partial charge in [-0.15, -0.1) is 0 Å². The zero-order valence-electron chi connectivity index (χ0n) is 27.3. The molecule has 42 heavy (non-hydrogen) atoms. The molecule has 4 aliphatic carbocycles. The smallest absolute Gasteiger partial charge is 1.00 e. The van der Waals surface area contributed by atoms with Crippen LogP contribution in [0.3, 0.4) is 0 Å². The molecule has 0 saturated heterocycles. The Balaban J connectivity index is 0.00000202. The molecule has 0 spiro atoms. The van der Waals surface area contributed by atoms with Crippen LogP contribution in [0.2, 0.25) is 13.1 Å². The molecular formula is C38H52Cl2SiZr. The van der Waals surface area contributed by atoms with Gasteiger partial charge in [-0.2, -0.15) is 0 Å². The van der Waals surface area contributed by atoms with E-state index in [1.807, 2.05) is 22.3 Å². The summed E-state index contributed by atoms with van der Waals surface area (Å²) in [7, 11) is 0. The van der Waals surface area contributed by atoms with Gasteiger partial charge in [0.15, 0.2) is 0 Å². The van der Waals surface area contributed by atoms with Crippen LogP contribution in [-0.2, 0) is 20.4 Å². The van der Waals surface area contributed by atoms with Crippen molar-refractivity contribution in [2.75, 3.05) is 0 Å². The Morgan fingerprint density at radius 3 is 1.26 bits per heavy atom. The van der Waals surface area contributed by atoms with E-state index in [1.165, 1.54) is 51.4 Å². The van der Waals surface area contributed by atoms with E-state index in [9.17, 15) is 0 Å². The zero-order valence-corrected chi connectivity index (χ0v) is 32.3. The molecule has 2 aromatic rings. The second kappa shape index (κ2) is 13.9. The first kappa shape index (κ1) is 34.5. The van der Waals surface area contributed by atoms with Crippen molar-refractivity contribution in [3.05, 3.63) is 80.9 Å². The Kier molecular flexibility index (Phi) is 11.4. The van der Waals surface area contributed by atoms with Crippen molar-refractivity contribution in [1.82, 2.24) is 0 Å². The van der Waals surface area contributed by atoms with Gasteiger partial charge in [0.2, 0.25) is 0 Å². The van der Waals surface area contributed by atoms with Crippen molar-refractivity contribution < 1.29 is 45.2 Å². The first-order chi connectivity index (χ1) is 19.2. The summed E-state index contributed by atoms with van der Waals surface area (Å²) in [5.41, 5.74) is 16.9. The van der Waals surface area contributed by atoms with Crippen LogP contribution in [0, 0.1) is 37.5 Å². The quantitative estimate of drug-likeness (QED) is 0.386. The van der Waals surface area contributed by atoms with Crippen LogP contribution in [0.5, 0.6) is 0 Å². The monoisotopic (exact) mass is 696 g/mol. The van der Waals surface area contributed by atoms with Crippen molar-refractivity contribution in [3.63, 3.8) is 0 Å². The van der Waals surface area contributed by atoms with E-state index in [4.69, 9.17) is 0 Å². The minimum Gasteiger partial charge on any atom is -1.00 e. The van der Waals surface area contributed by atoms with Gasteiger partial charge in [0.05, 0.1) is 0 Å². The molecule has 0 N–H and O–H groups in total. The first-order valence-corrected chi connectivity index (χ1v) is 25.5. The van der Waals surface area contributed by atoms with Gasteiger partial charge in [-0.25, -0.2) is 0 Å². The van der Waals surface area contributed by atoms with Crippen molar-refractivity contribution in [1.29, 1.82) is 0 Å². The molecule has 2 unspecified atom stereocenters. The molecule has 2 saturated carbocycles. The fourth-order valence-electron chi connectivity index (χ4n) is 9.47. The Morgan fingerprint density at radius 1 is 0.571 bits per heavy atom. The minimum atomic E-state index is -2.10. The molecular weight excluding hydrogens is 647 g/mol. The molecule has 4 heteroatoms. The predicted octanol–water partition coefficient (Wildman–Crippen LogP) is 5.19. The molecule has 0 heterocycles. The number of rotatable bonds is 4. The summed E-state index contributed by atoms with van der Waals surface area (Å²) >= 11 is -2.10. The summed E-state index contributed by atoms with van der Waals surface area (Å²) in [6.45, 7) is 20.5. The summed E-state index contributed by atoms with van der Waals surface area (Å²) in [6, 6.07) is 14.7. The number of allylic oxidation sites excluding steroid dienone is 4. The number of hydrogen-bond acceptors (Lipinski definition) is 0. The molecule has 4 aliphatic rings. The Bertz CT molecular complexity index is 1310. The van der Waals surface area contributed by atoms with E-state index in [1.54, 1.807) is 33.4 Å². The number of fused-ring (bicyclic) bond motifs is 2. The second-order valence-corrected chi connectivity index (χ2v) is 32.4. The number of benzene rings is 2. The molecule has 6 rings (SSSR count). The van der Waals surface area contributed by atoms with Crippen LogP contribution in [0.15, 0.2) is 47.5 Å². The van der Waals surface area contributed by atoms with Crippen molar-refractivity contribution in [2.24, 2.45) is 23.7 Å². The Labute approximate surface area is 277 Å². The van der Waals surface area contributed by atoms with E-state index in [0.717, 1.165) is 30.9 Å². The fourth-order valence-corrected chi connectivity index (χ4v) is 30.7. The van der Waals surface area contributed by atoms with Gasteiger partial charge in [0.25, 0.3) is 0 Å². The molecule has 2 atom stereocenters. The molecule has 2 aromatic carbocycles. The summed E-state index contributed by atoms with van der Waals surface area (Å²) in [6.07, 6.45) is 11.3. The maximum atomic E-state index is 2.72. The average Bonchev–Trinajstić information content (AvgIpc) is 3.38.